The molecule has 1 N–H and O–H groups in total. The molecule has 182 valence electrons. The van der Waals surface area contributed by atoms with Gasteiger partial charge in [0, 0.05) is 24.7 Å². The molecule has 7 heteroatoms. The molecule has 3 atom stereocenters. The van der Waals surface area contributed by atoms with Crippen LogP contribution in [0.2, 0.25) is 0 Å². The molecule has 7 nitrogen and oxygen atoms in total. The van der Waals surface area contributed by atoms with Crippen molar-refractivity contribution >= 4 is 17.8 Å². The maximum absolute atomic E-state index is 13.5. The molecule has 0 bridgehead atoms. The van der Waals surface area contributed by atoms with Crippen molar-refractivity contribution in [2.45, 2.75) is 104 Å². The molecule has 1 aliphatic carbocycles. The van der Waals surface area contributed by atoms with Gasteiger partial charge in [0.2, 0.25) is 11.8 Å². The van der Waals surface area contributed by atoms with Crippen LogP contribution >= 0.6 is 0 Å². The van der Waals surface area contributed by atoms with Gasteiger partial charge in [-0.2, -0.15) is 0 Å². The summed E-state index contributed by atoms with van der Waals surface area (Å²) in [5, 5.41) is 3.16. The Morgan fingerprint density at radius 1 is 1.09 bits per heavy atom. The number of nitrogens with zero attached hydrogens (tertiary/aromatic N) is 2. The Morgan fingerprint density at radius 2 is 1.72 bits per heavy atom. The average molecular weight is 450 g/mol. The summed E-state index contributed by atoms with van der Waals surface area (Å²) in [5.74, 6) is -0.320. The van der Waals surface area contributed by atoms with Gasteiger partial charge >= 0.3 is 5.97 Å². The molecule has 2 aliphatic rings. The number of hydrogen-bond acceptors (Lipinski definition) is 5. The van der Waals surface area contributed by atoms with Crippen LogP contribution in [0.3, 0.4) is 0 Å². The number of piperidine rings is 1. The maximum Gasteiger partial charge on any atom is 0.333 e. The summed E-state index contributed by atoms with van der Waals surface area (Å²) in [6.07, 6.45) is 8.83. The summed E-state index contributed by atoms with van der Waals surface area (Å²) in [6.45, 7) is 10.8. The molecule has 2 rings (SSSR count). The van der Waals surface area contributed by atoms with E-state index in [0.29, 0.717) is 18.2 Å². The zero-order valence-corrected chi connectivity index (χ0v) is 20.9. The lowest BCUT2D eigenvalue weighted by molar-refractivity contribution is -0.140. The van der Waals surface area contributed by atoms with Gasteiger partial charge in [0.05, 0.1) is 12.6 Å². The highest BCUT2D eigenvalue weighted by molar-refractivity contribution is 5.91. The number of esters is 1. The molecule has 2 amide bonds. The summed E-state index contributed by atoms with van der Waals surface area (Å²) in [4.78, 5) is 42.7. The molecular formula is C25H43N3O4. The molecule has 0 radical (unpaired) electrons. The van der Waals surface area contributed by atoms with E-state index in [1.165, 1.54) is 0 Å². The van der Waals surface area contributed by atoms with Crippen LogP contribution in [0.25, 0.3) is 0 Å². The number of hydrogen-bond donors (Lipinski definition) is 1. The van der Waals surface area contributed by atoms with Crippen molar-refractivity contribution in [2.24, 2.45) is 5.92 Å². The Balaban J connectivity index is 2.15. The van der Waals surface area contributed by atoms with Crippen LogP contribution in [-0.2, 0) is 19.1 Å². The van der Waals surface area contributed by atoms with E-state index in [1.807, 2.05) is 6.92 Å². The smallest absolute Gasteiger partial charge is 0.333 e. The molecular weight excluding hydrogens is 406 g/mol. The lowest BCUT2D eigenvalue weighted by Crippen LogP contribution is -2.58. The predicted octanol–water partition coefficient (Wildman–Crippen LogP) is 3.28. The highest BCUT2D eigenvalue weighted by Crippen LogP contribution is 2.29. The van der Waals surface area contributed by atoms with Gasteiger partial charge in [0.1, 0.15) is 6.04 Å². The van der Waals surface area contributed by atoms with Crippen LogP contribution < -0.4 is 5.32 Å². The first-order valence-electron chi connectivity index (χ1n) is 12.4. The van der Waals surface area contributed by atoms with Crippen molar-refractivity contribution in [1.82, 2.24) is 15.1 Å². The number of likely N-dealkylation sites (N-methyl/N-ethyl adjacent to an activating group) is 1. The molecule has 1 saturated heterocycles. The lowest BCUT2D eigenvalue weighted by atomic mass is 9.94. The van der Waals surface area contributed by atoms with Crippen LogP contribution in [0.5, 0.6) is 0 Å². The van der Waals surface area contributed by atoms with Gasteiger partial charge in [-0.1, -0.05) is 25.3 Å². The third kappa shape index (κ3) is 6.80. The normalized spacial score (nSPS) is 22.5. The first-order chi connectivity index (χ1) is 15.2. The highest BCUT2D eigenvalue weighted by atomic mass is 16.5. The SMILES string of the molecule is CCOC(=O)/C(C)=C/C(C)N(C)C(=O)C(NC(=O)C1CCCCN1C(C)C)C1CCCC1. The fraction of sp³-hybridized carbons (Fsp3) is 0.800. The van der Waals surface area contributed by atoms with E-state index in [2.05, 4.69) is 24.1 Å². The van der Waals surface area contributed by atoms with E-state index < -0.39 is 6.04 Å². The van der Waals surface area contributed by atoms with Gasteiger partial charge in [-0.25, -0.2) is 4.79 Å². The summed E-state index contributed by atoms with van der Waals surface area (Å²) in [7, 11) is 1.75. The highest BCUT2D eigenvalue weighted by Gasteiger charge is 2.38. The zero-order chi connectivity index (χ0) is 23.8. The van der Waals surface area contributed by atoms with Gasteiger partial charge in [0.25, 0.3) is 0 Å². The number of carbonyl (C=O) groups is 3. The Morgan fingerprint density at radius 3 is 2.31 bits per heavy atom. The Hall–Kier alpha value is -1.89. The number of rotatable bonds is 9. The lowest BCUT2D eigenvalue weighted by Gasteiger charge is -2.39. The van der Waals surface area contributed by atoms with Crippen molar-refractivity contribution in [2.75, 3.05) is 20.2 Å². The van der Waals surface area contributed by atoms with E-state index in [-0.39, 0.29) is 35.8 Å². The van der Waals surface area contributed by atoms with Crippen LogP contribution in [0.4, 0.5) is 0 Å². The molecule has 3 unspecified atom stereocenters. The van der Waals surface area contributed by atoms with E-state index in [1.54, 1.807) is 31.9 Å². The summed E-state index contributed by atoms with van der Waals surface area (Å²) in [6, 6.07) is -0.682. The van der Waals surface area contributed by atoms with Gasteiger partial charge in [-0.3, -0.25) is 14.5 Å². The number of carbonyl (C=O) groups excluding carboxylic acids is 3. The standard InChI is InChI=1S/C25H43N3O4/c1-7-32-25(31)18(4)16-19(5)27(6)24(30)22(20-12-8-9-13-20)26-23(29)21-14-10-11-15-28(21)17(2)3/h16-17,19-22H,7-15H2,1-6H3,(H,26,29)/b18-16+. The number of nitrogens with one attached hydrogen (secondary N) is 1. The van der Waals surface area contributed by atoms with Crippen LogP contribution in [-0.4, -0.2) is 72.0 Å². The molecule has 1 saturated carbocycles. The zero-order valence-electron chi connectivity index (χ0n) is 20.9. The molecule has 0 aromatic rings. The first kappa shape index (κ1) is 26.4. The second-order valence-electron chi connectivity index (χ2n) is 9.63. The molecule has 1 heterocycles. The molecule has 0 aromatic carbocycles. The maximum atomic E-state index is 13.5. The number of ether oxygens (including phenoxy) is 1. The topological polar surface area (TPSA) is 79.0 Å². The first-order valence-corrected chi connectivity index (χ1v) is 12.4. The van der Waals surface area contributed by atoms with Crippen LogP contribution in [0, 0.1) is 5.92 Å². The predicted molar refractivity (Wildman–Crippen MR) is 126 cm³/mol. The molecule has 32 heavy (non-hydrogen) atoms. The van der Waals surface area contributed by atoms with Crippen molar-refractivity contribution < 1.29 is 19.1 Å². The van der Waals surface area contributed by atoms with E-state index in [4.69, 9.17) is 4.74 Å². The van der Waals surface area contributed by atoms with Gasteiger partial charge in [-0.15, -0.1) is 0 Å². The van der Waals surface area contributed by atoms with Crippen molar-refractivity contribution in [3.8, 4) is 0 Å². The largest absolute Gasteiger partial charge is 0.463 e. The Labute approximate surface area is 193 Å². The molecule has 2 fully saturated rings. The minimum absolute atomic E-state index is 0.0250. The summed E-state index contributed by atoms with van der Waals surface area (Å²) >= 11 is 0. The minimum Gasteiger partial charge on any atom is -0.463 e. The fourth-order valence-corrected chi connectivity index (χ4v) is 4.98. The quantitative estimate of drug-likeness (QED) is 0.432. The van der Waals surface area contributed by atoms with E-state index in [9.17, 15) is 14.4 Å². The van der Waals surface area contributed by atoms with Gasteiger partial charge in [-0.05, 0) is 72.8 Å². The molecule has 1 aliphatic heterocycles. The Bertz CT molecular complexity index is 685. The van der Waals surface area contributed by atoms with Crippen molar-refractivity contribution in [3.05, 3.63) is 11.6 Å². The monoisotopic (exact) mass is 449 g/mol. The minimum atomic E-state index is -0.523. The van der Waals surface area contributed by atoms with E-state index in [0.717, 1.165) is 51.5 Å². The molecule has 0 spiro atoms. The second-order valence-corrected chi connectivity index (χ2v) is 9.63. The Kier molecular flexibility index (Phi) is 10.2. The van der Waals surface area contributed by atoms with Crippen LogP contribution in [0.1, 0.15) is 79.6 Å². The summed E-state index contributed by atoms with van der Waals surface area (Å²) < 4.78 is 5.05. The third-order valence-electron chi connectivity index (χ3n) is 6.99. The number of amides is 2. The fourth-order valence-electron chi connectivity index (χ4n) is 4.98. The molecule has 0 aromatic heterocycles. The average Bonchev–Trinajstić information content (AvgIpc) is 3.30. The van der Waals surface area contributed by atoms with Crippen molar-refractivity contribution in [1.29, 1.82) is 0 Å². The summed E-state index contributed by atoms with van der Waals surface area (Å²) in [5.41, 5.74) is 0.482. The van der Waals surface area contributed by atoms with Gasteiger partial charge in [0.15, 0.2) is 0 Å². The van der Waals surface area contributed by atoms with E-state index >= 15 is 0 Å². The number of likely N-dealkylation sites (tertiary alicyclic amines) is 1. The van der Waals surface area contributed by atoms with Crippen molar-refractivity contribution in [3.63, 3.8) is 0 Å². The second kappa shape index (κ2) is 12.4. The van der Waals surface area contributed by atoms with Gasteiger partial charge < -0.3 is 15.0 Å². The van der Waals surface area contributed by atoms with Crippen LogP contribution in [0.15, 0.2) is 11.6 Å². The third-order valence-corrected chi connectivity index (χ3v) is 6.99.